The Balaban J connectivity index is 1.25. The van der Waals surface area contributed by atoms with Crippen LogP contribution in [0.15, 0.2) is 18.2 Å². The highest BCUT2D eigenvalue weighted by molar-refractivity contribution is 6.35. The summed E-state index contributed by atoms with van der Waals surface area (Å²) >= 11 is 12.1. The molecule has 0 atom stereocenters. The van der Waals surface area contributed by atoms with Crippen LogP contribution in [0.25, 0.3) is 0 Å². The standard InChI is InChI=1S/C22H29Cl2N3O3/c23-18-13-17(14-19(24)15-18)22(29)26-7-3-20(4-8-26)25-5-1-16(2-6-25)21(28)27-9-11-30-12-10-27/h13-16,20H,1-12H2. The molecular weight excluding hydrogens is 425 g/mol. The molecule has 0 bridgehead atoms. The minimum atomic E-state index is -0.00679. The number of morpholine rings is 1. The summed E-state index contributed by atoms with van der Waals surface area (Å²) in [4.78, 5) is 31.9. The number of rotatable bonds is 3. The van der Waals surface area contributed by atoms with Crippen LogP contribution in [0, 0.1) is 5.92 Å². The molecule has 3 saturated heterocycles. The second-order valence-corrected chi connectivity index (χ2v) is 9.30. The lowest BCUT2D eigenvalue weighted by Gasteiger charge is -2.42. The van der Waals surface area contributed by atoms with Gasteiger partial charge in [0.1, 0.15) is 0 Å². The topological polar surface area (TPSA) is 53.1 Å². The molecule has 0 N–H and O–H groups in total. The molecular formula is C22H29Cl2N3O3. The molecule has 164 valence electrons. The van der Waals surface area contributed by atoms with E-state index in [2.05, 4.69) is 4.90 Å². The monoisotopic (exact) mass is 453 g/mol. The Morgan fingerprint density at radius 2 is 1.40 bits per heavy atom. The van der Waals surface area contributed by atoms with Crippen LogP contribution in [0.4, 0.5) is 0 Å². The first-order valence-electron chi connectivity index (χ1n) is 10.9. The fourth-order valence-electron chi connectivity index (χ4n) is 4.85. The van der Waals surface area contributed by atoms with E-state index in [-0.39, 0.29) is 11.8 Å². The average molecular weight is 454 g/mol. The summed E-state index contributed by atoms with van der Waals surface area (Å²) in [6.07, 6.45) is 3.77. The summed E-state index contributed by atoms with van der Waals surface area (Å²) < 4.78 is 5.36. The Labute approximate surface area is 188 Å². The second kappa shape index (κ2) is 9.86. The van der Waals surface area contributed by atoms with Crippen molar-refractivity contribution in [3.8, 4) is 0 Å². The van der Waals surface area contributed by atoms with Crippen molar-refractivity contribution < 1.29 is 14.3 Å². The number of hydrogen-bond acceptors (Lipinski definition) is 4. The Morgan fingerprint density at radius 3 is 2.00 bits per heavy atom. The zero-order chi connectivity index (χ0) is 21.1. The van der Waals surface area contributed by atoms with Crippen molar-refractivity contribution in [1.29, 1.82) is 0 Å². The molecule has 1 aromatic carbocycles. The fraction of sp³-hybridized carbons (Fsp3) is 0.636. The third kappa shape index (κ3) is 5.10. The SMILES string of the molecule is O=C(c1cc(Cl)cc(Cl)c1)N1CCC(N2CCC(C(=O)N3CCOCC3)CC2)CC1. The fourth-order valence-corrected chi connectivity index (χ4v) is 5.37. The smallest absolute Gasteiger partial charge is 0.253 e. The average Bonchev–Trinajstić information content (AvgIpc) is 2.78. The van der Waals surface area contributed by atoms with Gasteiger partial charge in [-0.1, -0.05) is 23.2 Å². The zero-order valence-electron chi connectivity index (χ0n) is 17.2. The molecule has 0 spiro atoms. The van der Waals surface area contributed by atoms with Crippen LogP contribution < -0.4 is 0 Å². The summed E-state index contributed by atoms with van der Waals surface area (Å²) in [5.74, 6) is 0.444. The van der Waals surface area contributed by atoms with Crippen molar-refractivity contribution in [2.75, 3.05) is 52.5 Å². The summed E-state index contributed by atoms with van der Waals surface area (Å²) in [5.41, 5.74) is 0.549. The van der Waals surface area contributed by atoms with Crippen molar-refractivity contribution >= 4 is 35.0 Å². The quantitative estimate of drug-likeness (QED) is 0.704. The highest BCUT2D eigenvalue weighted by Gasteiger charge is 2.33. The predicted octanol–water partition coefficient (Wildman–Crippen LogP) is 3.17. The summed E-state index contributed by atoms with van der Waals surface area (Å²) in [7, 11) is 0. The molecule has 0 radical (unpaired) electrons. The molecule has 4 rings (SSSR count). The van der Waals surface area contributed by atoms with E-state index in [0.717, 1.165) is 65.0 Å². The summed E-state index contributed by atoms with van der Waals surface area (Å²) in [6.45, 7) is 6.16. The molecule has 2 amide bonds. The Hall–Kier alpha value is -1.34. The molecule has 8 heteroatoms. The number of halogens is 2. The van der Waals surface area contributed by atoms with Gasteiger partial charge in [0.15, 0.2) is 0 Å². The van der Waals surface area contributed by atoms with E-state index in [1.807, 2.05) is 9.80 Å². The van der Waals surface area contributed by atoms with E-state index in [1.165, 1.54) is 0 Å². The number of likely N-dealkylation sites (tertiary alicyclic amines) is 2. The van der Waals surface area contributed by atoms with Crippen molar-refractivity contribution in [3.63, 3.8) is 0 Å². The van der Waals surface area contributed by atoms with Crippen LogP contribution >= 0.6 is 23.2 Å². The number of piperidine rings is 2. The van der Waals surface area contributed by atoms with Gasteiger partial charge in [0.25, 0.3) is 5.91 Å². The number of carbonyl (C=O) groups excluding carboxylic acids is 2. The maximum absolute atomic E-state index is 12.8. The highest BCUT2D eigenvalue weighted by Crippen LogP contribution is 2.27. The maximum atomic E-state index is 12.8. The molecule has 0 aliphatic carbocycles. The van der Waals surface area contributed by atoms with Gasteiger partial charge in [-0.15, -0.1) is 0 Å². The number of nitrogens with zero attached hydrogens (tertiary/aromatic N) is 3. The first-order valence-corrected chi connectivity index (χ1v) is 11.6. The van der Waals surface area contributed by atoms with Gasteiger partial charge in [0, 0.05) is 53.7 Å². The molecule has 3 aliphatic heterocycles. The predicted molar refractivity (Wildman–Crippen MR) is 117 cm³/mol. The van der Waals surface area contributed by atoms with Crippen LogP contribution in [0.3, 0.4) is 0 Å². The first kappa shape index (κ1) is 21.9. The number of carbonyl (C=O) groups is 2. The normalized spacial score (nSPS) is 22.3. The van der Waals surface area contributed by atoms with E-state index in [1.54, 1.807) is 18.2 Å². The molecule has 1 aromatic rings. The van der Waals surface area contributed by atoms with Crippen molar-refractivity contribution in [2.45, 2.75) is 31.7 Å². The van der Waals surface area contributed by atoms with Gasteiger partial charge in [0.2, 0.25) is 5.91 Å². The van der Waals surface area contributed by atoms with Gasteiger partial charge in [-0.3, -0.25) is 9.59 Å². The van der Waals surface area contributed by atoms with Crippen LogP contribution in [0.1, 0.15) is 36.0 Å². The Bertz CT molecular complexity index is 749. The van der Waals surface area contributed by atoms with E-state index in [0.29, 0.717) is 40.8 Å². The minimum absolute atomic E-state index is 0.00679. The molecule has 3 fully saturated rings. The van der Waals surface area contributed by atoms with Crippen LogP contribution in [0.2, 0.25) is 10.0 Å². The van der Waals surface area contributed by atoms with Crippen LogP contribution in [-0.4, -0.2) is 85.0 Å². The molecule has 3 aliphatic rings. The van der Waals surface area contributed by atoms with Gasteiger partial charge >= 0.3 is 0 Å². The number of amides is 2. The lowest BCUT2D eigenvalue weighted by molar-refractivity contribution is -0.141. The van der Waals surface area contributed by atoms with Crippen molar-refractivity contribution in [2.24, 2.45) is 5.92 Å². The van der Waals surface area contributed by atoms with Crippen molar-refractivity contribution in [1.82, 2.24) is 14.7 Å². The summed E-state index contributed by atoms with van der Waals surface area (Å²) in [5, 5.41) is 0.963. The van der Waals surface area contributed by atoms with E-state index >= 15 is 0 Å². The Kier molecular flexibility index (Phi) is 7.19. The summed E-state index contributed by atoms with van der Waals surface area (Å²) in [6, 6.07) is 5.48. The molecule has 0 saturated carbocycles. The molecule has 30 heavy (non-hydrogen) atoms. The van der Waals surface area contributed by atoms with Crippen molar-refractivity contribution in [3.05, 3.63) is 33.8 Å². The van der Waals surface area contributed by atoms with Gasteiger partial charge in [-0.25, -0.2) is 0 Å². The van der Waals surface area contributed by atoms with E-state index < -0.39 is 0 Å². The number of benzene rings is 1. The minimum Gasteiger partial charge on any atom is -0.378 e. The van der Waals surface area contributed by atoms with Crippen LogP contribution in [-0.2, 0) is 9.53 Å². The van der Waals surface area contributed by atoms with Crippen LogP contribution in [0.5, 0.6) is 0 Å². The first-order chi connectivity index (χ1) is 14.5. The third-order valence-corrected chi connectivity index (χ3v) is 7.02. The van der Waals surface area contributed by atoms with Gasteiger partial charge < -0.3 is 19.4 Å². The number of hydrogen-bond donors (Lipinski definition) is 0. The molecule has 3 heterocycles. The molecule has 6 nitrogen and oxygen atoms in total. The highest BCUT2D eigenvalue weighted by atomic mass is 35.5. The molecule has 0 aromatic heterocycles. The molecule has 0 unspecified atom stereocenters. The third-order valence-electron chi connectivity index (χ3n) is 6.58. The second-order valence-electron chi connectivity index (χ2n) is 8.43. The Morgan fingerprint density at radius 1 is 0.800 bits per heavy atom. The van der Waals surface area contributed by atoms with Gasteiger partial charge in [-0.05, 0) is 57.0 Å². The zero-order valence-corrected chi connectivity index (χ0v) is 18.7. The maximum Gasteiger partial charge on any atom is 0.253 e. The van der Waals surface area contributed by atoms with Gasteiger partial charge in [-0.2, -0.15) is 0 Å². The lowest BCUT2D eigenvalue weighted by Crippen LogP contribution is -2.51. The van der Waals surface area contributed by atoms with E-state index in [4.69, 9.17) is 27.9 Å². The largest absolute Gasteiger partial charge is 0.378 e. The van der Waals surface area contributed by atoms with E-state index in [9.17, 15) is 9.59 Å². The number of ether oxygens (including phenoxy) is 1. The lowest BCUT2D eigenvalue weighted by atomic mass is 9.92. The van der Waals surface area contributed by atoms with Gasteiger partial charge in [0.05, 0.1) is 13.2 Å².